The van der Waals surface area contributed by atoms with Crippen molar-refractivity contribution in [1.29, 1.82) is 0 Å². The van der Waals surface area contributed by atoms with Crippen LogP contribution in [0.1, 0.15) is 17.0 Å². The predicted octanol–water partition coefficient (Wildman–Crippen LogP) is 2.27. The Morgan fingerprint density at radius 2 is 1.70 bits per heavy atom. The molecule has 0 atom stereocenters. The van der Waals surface area contributed by atoms with Crippen molar-refractivity contribution >= 4 is 17.0 Å². The molecule has 0 unspecified atom stereocenters. The number of nitrogens with zero attached hydrogens (tertiary/aromatic N) is 4. The van der Waals surface area contributed by atoms with Crippen LogP contribution in [0.25, 0.3) is 11.0 Å². The van der Waals surface area contributed by atoms with Gasteiger partial charge in [-0.05, 0) is 23.3 Å². The molecule has 1 aliphatic rings. The number of aliphatic imine (C=N–C) groups is 1. The molecule has 3 aromatic rings. The van der Waals surface area contributed by atoms with E-state index in [0.29, 0.717) is 6.54 Å². The van der Waals surface area contributed by atoms with Crippen molar-refractivity contribution in [3.8, 4) is 0 Å². The minimum absolute atomic E-state index is 0.611. The summed E-state index contributed by atoms with van der Waals surface area (Å²) >= 11 is 0. The van der Waals surface area contributed by atoms with Crippen LogP contribution >= 0.6 is 0 Å². The molecule has 0 radical (unpaired) electrons. The van der Waals surface area contributed by atoms with Gasteiger partial charge in [0.05, 0.1) is 30.8 Å². The second-order valence-corrected chi connectivity index (χ2v) is 7.51. The summed E-state index contributed by atoms with van der Waals surface area (Å²) in [5, 5.41) is 6.83. The first kappa shape index (κ1) is 20.4. The summed E-state index contributed by atoms with van der Waals surface area (Å²) in [5.74, 6) is 1.75. The molecule has 7 nitrogen and oxygen atoms in total. The van der Waals surface area contributed by atoms with Gasteiger partial charge < -0.3 is 19.9 Å². The number of ether oxygens (including phenoxy) is 1. The lowest BCUT2D eigenvalue weighted by molar-refractivity contribution is 0.0341. The van der Waals surface area contributed by atoms with Gasteiger partial charge >= 0.3 is 0 Å². The first-order chi connectivity index (χ1) is 14.7. The van der Waals surface area contributed by atoms with Gasteiger partial charge in [-0.2, -0.15) is 0 Å². The van der Waals surface area contributed by atoms with Crippen LogP contribution in [0.15, 0.2) is 53.5 Å². The maximum atomic E-state index is 5.47. The number of imidazole rings is 1. The summed E-state index contributed by atoms with van der Waals surface area (Å²) in [6.07, 6.45) is 0. The highest BCUT2D eigenvalue weighted by Gasteiger charge is 2.13. The molecule has 0 saturated carbocycles. The smallest absolute Gasteiger partial charge is 0.191 e. The van der Waals surface area contributed by atoms with Gasteiger partial charge in [-0.25, -0.2) is 4.98 Å². The van der Waals surface area contributed by atoms with E-state index in [1.54, 1.807) is 7.05 Å². The number of benzene rings is 2. The van der Waals surface area contributed by atoms with Gasteiger partial charge in [0.15, 0.2) is 5.96 Å². The van der Waals surface area contributed by atoms with Crippen LogP contribution in [0.5, 0.6) is 0 Å². The standard InChI is InChI=1S/C23H30N6O/c1-24-23(26-16-22-27-20-9-5-6-10-21(20)28(22)2)25-15-18-7-3-4-8-19(18)17-29-11-13-30-14-12-29/h3-10H,11-17H2,1-2H3,(H2,24,25,26). The number of hydrogen-bond donors (Lipinski definition) is 2. The minimum Gasteiger partial charge on any atom is -0.379 e. The molecular formula is C23H30N6O. The van der Waals surface area contributed by atoms with E-state index in [1.807, 2.05) is 25.2 Å². The Bertz CT molecular complexity index is 1010. The van der Waals surface area contributed by atoms with E-state index in [4.69, 9.17) is 9.72 Å². The summed E-state index contributed by atoms with van der Waals surface area (Å²) in [6.45, 7) is 5.90. The summed E-state index contributed by atoms with van der Waals surface area (Å²) < 4.78 is 7.59. The SMILES string of the molecule is CN=C(NCc1ccccc1CN1CCOCC1)NCc1nc2ccccc2n1C. The van der Waals surface area contributed by atoms with Crippen molar-refractivity contribution in [3.63, 3.8) is 0 Å². The Labute approximate surface area is 177 Å². The van der Waals surface area contributed by atoms with Gasteiger partial charge in [0.1, 0.15) is 5.82 Å². The molecule has 0 spiro atoms. The molecule has 0 bridgehead atoms. The lowest BCUT2D eigenvalue weighted by atomic mass is 10.1. The van der Waals surface area contributed by atoms with Crippen LogP contribution in [0.2, 0.25) is 0 Å². The van der Waals surface area contributed by atoms with E-state index in [9.17, 15) is 0 Å². The summed E-state index contributed by atoms with van der Waals surface area (Å²) in [5.41, 5.74) is 4.78. The molecule has 0 aliphatic carbocycles. The van der Waals surface area contributed by atoms with Crippen molar-refractivity contribution in [2.45, 2.75) is 19.6 Å². The zero-order valence-electron chi connectivity index (χ0n) is 17.8. The molecule has 0 amide bonds. The maximum Gasteiger partial charge on any atom is 0.191 e. The third-order valence-corrected chi connectivity index (χ3v) is 5.58. The summed E-state index contributed by atoms with van der Waals surface area (Å²) in [4.78, 5) is 11.5. The lowest BCUT2D eigenvalue weighted by Gasteiger charge is -2.27. The fourth-order valence-electron chi connectivity index (χ4n) is 3.80. The zero-order chi connectivity index (χ0) is 20.8. The number of morpholine rings is 1. The summed E-state index contributed by atoms with van der Waals surface area (Å²) in [7, 11) is 3.84. The van der Waals surface area contributed by atoms with Gasteiger partial charge in [-0.3, -0.25) is 9.89 Å². The van der Waals surface area contributed by atoms with E-state index in [0.717, 1.165) is 62.2 Å². The Balaban J connectivity index is 1.36. The third-order valence-electron chi connectivity index (χ3n) is 5.58. The van der Waals surface area contributed by atoms with Crippen LogP contribution < -0.4 is 10.6 Å². The van der Waals surface area contributed by atoms with Gasteiger partial charge in [-0.15, -0.1) is 0 Å². The Kier molecular flexibility index (Phi) is 6.61. The molecule has 158 valence electrons. The number of aryl methyl sites for hydroxylation is 1. The van der Waals surface area contributed by atoms with Gasteiger partial charge in [0.2, 0.25) is 0 Å². The number of nitrogens with one attached hydrogen (secondary N) is 2. The van der Waals surface area contributed by atoms with Crippen molar-refractivity contribution in [3.05, 3.63) is 65.5 Å². The highest BCUT2D eigenvalue weighted by Crippen LogP contribution is 2.14. The number of guanidine groups is 1. The van der Waals surface area contributed by atoms with E-state index < -0.39 is 0 Å². The molecule has 1 aliphatic heterocycles. The monoisotopic (exact) mass is 406 g/mol. The molecule has 2 aromatic carbocycles. The first-order valence-electron chi connectivity index (χ1n) is 10.5. The molecule has 4 rings (SSSR count). The van der Waals surface area contributed by atoms with Crippen LogP contribution in [0.4, 0.5) is 0 Å². The number of rotatable bonds is 6. The van der Waals surface area contributed by atoms with Crippen molar-refractivity contribution in [2.75, 3.05) is 33.4 Å². The molecule has 2 N–H and O–H groups in total. The van der Waals surface area contributed by atoms with E-state index in [-0.39, 0.29) is 0 Å². The zero-order valence-corrected chi connectivity index (χ0v) is 17.8. The van der Waals surface area contributed by atoms with E-state index in [2.05, 4.69) is 55.4 Å². The fourth-order valence-corrected chi connectivity index (χ4v) is 3.80. The fraction of sp³-hybridized carbons (Fsp3) is 0.391. The quantitative estimate of drug-likeness (QED) is 0.486. The summed E-state index contributed by atoms with van der Waals surface area (Å²) in [6, 6.07) is 16.8. The average molecular weight is 407 g/mol. The second-order valence-electron chi connectivity index (χ2n) is 7.51. The molecule has 30 heavy (non-hydrogen) atoms. The van der Waals surface area contributed by atoms with Crippen LogP contribution in [-0.2, 0) is 31.4 Å². The Morgan fingerprint density at radius 1 is 1.00 bits per heavy atom. The lowest BCUT2D eigenvalue weighted by Crippen LogP contribution is -2.38. The van der Waals surface area contributed by atoms with E-state index >= 15 is 0 Å². The van der Waals surface area contributed by atoms with Crippen molar-refractivity contribution in [2.24, 2.45) is 12.0 Å². The van der Waals surface area contributed by atoms with Gasteiger partial charge in [-0.1, -0.05) is 36.4 Å². The number of para-hydroxylation sites is 2. The Morgan fingerprint density at radius 3 is 2.47 bits per heavy atom. The average Bonchev–Trinajstić information content (AvgIpc) is 3.11. The van der Waals surface area contributed by atoms with Crippen LogP contribution in [-0.4, -0.2) is 53.8 Å². The van der Waals surface area contributed by atoms with Crippen molar-refractivity contribution < 1.29 is 4.74 Å². The molecule has 7 heteroatoms. The van der Waals surface area contributed by atoms with Crippen molar-refractivity contribution in [1.82, 2.24) is 25.1 Å². The van der Waals surface area contributed by atoms with Crippen LogP contribution in [0.3, 0.4) is 0 Å². The second kappa shape index (κ2) is 9.73. The minimum atomic E-state index is 0.611. The number of aromatic nitrogens is 2. The van der Waals surface area contributed by atoms with Crippen LogP contribution in [0, 0.1) is 0 Å². The van der Waals surface area contributed by atoms with Gasteiger partial charge in [0.25, 0.3) is 0 Å². The molecule has 1 fully saturated rings. The van der Waals surface area contributed by atoms with Gasteiger partial charge in [0, 0.05) is 40.3 Å². The maximum absolute atomic E-state index is 5.47. The third kappa shape index (κ3) is 4.80. The normalized spacial score (nSPS) is 15.5. The predicted molar refractivity (Wildman–Crippen MR) is 120 cm³/mol. The highest BCUT2D eigenvalue weighted by molar-refractivity contribution is 5.80. The largest absolute Gasteiger partial charge is 0.379 e. The number of fused-ring (bicyclic) bond motifs is 1. The highest BCUT2D eigenvalue weighted by atomic mass is 16.5. The van der Waals surface area contributed by atoms with E-state index in [1.165, 1.54) is 11.1 Å². The topological polar surface area (TPSA) is 66.7 Å². The number of hydrogen-bond acceptors (Lipinski definition) is 4. The molecule has 2 heterocycles. The Hall–Kier alpha value is -2.90. The molecule has 1 aromatic heterocycles. The molecular weight excluding hydrogens is 376 g/mol. The molecule has 1 saturated heterocycles. The first-order valence-corrected chi connectivity index (χ1v) is 10.5.